The average molecular weight is 430 g/mol. The highest BCUT2D eigenvalue weighted by molar-refractivity contribution is 5.96. The van der Waals surface area contributed by atoms with E-state index in [9.17, 15) is 18.7 Å². The predicted octanol–water partition coefficient (Wildman–Crippen LogP) is 6.77. The molecule has 2 aromatic carbocycles. The van der Waals surface area contributed by atoms with Crippen molar-refractivity contribution in [3.05, 3.63) is 77.5 Å². The fraction of sp³-hybridized carbons (Fsp3) is 0.423. The molecule has 0 fully saturated rings. The van der Waals surface area contributed by atoms with E-state index in [-0.39, 0.29) is 17.4 Å². The second kappa shape index (κ2) is 10.2. The summed E-state index contributed by atoms with van der Waals surface area (Å²) in [5.74, 6) is -1.99. The Morgan fingerprint density at radius 2 is 1.71 bits per heavy atom. The van der Waals surface area contributed by atoms with E-state index in [0.29, 0.717) is 31.0 Å². The minimum Gasteiger partial charge on any atom is -0.384 e. The highest BCUT2D eigenvalue weighted by Gasteiger charge is 2.30. The van der Waals surface area contributed by atoms with Crippen molar-refractivity contribution in [2.24, 2.45) is 0 Å². The first kappa shape index (κ1) is 24.7. The lowest BCUT2D eigenvalue weighted by molar-refractivity contribution is 0.0574. The van der Waals surface area contributed by atoms with Gasteiger partial charge in [-0.3, -0.25) is 4.79 Å². The van der Waals surface area contributed by atoms with Crippen molar-refractivity contribution >= 4 is 11.5 Å². The van der Waals surface area contributed by atoms with Gasteiger partial charge < -0.3 is 10.4 Å². The number of nitrogens with one attached hydrogen (secondary N) is 1. The number of hydrogen-bond acceptors (Lipinski definition) is 3. The molecular formula is C26H33F2NO2. The fourth-order valence-corrected chi connectivity index (χ4v) is 3.58. The van der Waals surface area contributed by atoms with Crippen LogP contribution in [0.15, 0.2) is 54.7 Å². The molecule has 1 unspecified atom stereocenters. The van der Waals surface area contributed by atoms with Gasteiger partial charge in [-0.05, 0) is 54.5 Å². The van der Waals surface area contributed by atoms with Gasteiger partial charge in [0.15, 0.2) is 5.78 Å². The van der Waals surface area contributed by atoms with Crippen LogP contribution in [0.3, 0.4) is 0 Å². The van der Waals surface area contributed by atoms with Crippen LogP contribution in [0.1, 0.15) is 75.7 Å². The fourth-order valence-electron chi connectivity index (χ4n) is 3.58. The normalized spacial score (nSPS) is 13.5. The van der Waals surface area contributed by atoms with Gasteiger partial charge in [0.25, 0.3) is 0 Å². The molecule has 1 atom stereocenters. The summed E-state index contributed by atoms with van der Waals surface area (Å²) in [5, 5.41) is 14.4. The van der Waals surface area contributed by atoms with Crippen LogP contribution < -0.4 is 5.32 Å². The molecule has 0 aliphatic carbocycles. The molecule has 2 N–H and O–H groups in total. The van der Waals surface area contributed by atoms with Crippen LogP contribution >= 0.6 is 0 Å². The Bertz CT molecular complexity index is 916. The van der Waals surface area contributed by atoms with Crippen LogP contribution in [0.25, 0.3) is 0 Å². The van der Waals surface area contributed by atoms with Gasteiger partial charge in [-0.2, -0.15) is 0 Å². The van der Waals surface area contributed by atoms with Crippen molar-refractivity contribution in [2.75, 3.05) is 5.32 Å². The van der Waals surface area contributed by atoms with Crippen molar-refractivity contribution in [3.8, 4) is 0 Å². The summed E-state index contributed by atoms with van der Waals surface area (Å²) in [7, 11) is 0. The second-order valence-electron chi connectivity index (χ2n) is 9.11. The molecule has 0 saturated heterocycles. The second-order valence-corrected chi connectivity index (χ2v) is 9.11. The maximum Gasteiger partial charge on any atom is 0.165 e. The zero-order valence-electron chi connectivity index (χ0n) is 18.9. The molecule has 0 radical (unpaired) electrons. The third-order valence-corrected chi connectivity index (χ3v) is 5.50. The van der Waals surface area contributed by atoms with Crippen LogP contribution in [0.4, 0.5) is 14.5 Å². The summed E-state index contributed by atoms with van der Waals surface area (Å²) in [6, 6.07) is 10.9. The Kier molecular flexibility index (Phi) is 8.13. The van der Waals surface area contributed by atoms with Crippen molar-refractivity contribution < 1.29 is 18.7 Å². The van der Waals surface area contributed by atoms with Gasteiger partial charge in [0.05, 0.1) is 5.56 Å². The van der Waals surface area contributed by atoms with Crippen molar-refractivity contribution in [3.63, 3.8) is 0 Å². The molecular weight excluding hydrogens is 396 g/mol. The van der Waals surface area contributed by atoms with E-state index in [0.717, 1.165) is 24.2 Å². The van der Waals surface area contributed by atoms with Crippen molar-refractivity contribution in [1.29, 1.82) is 0 Å². The van der Waals surface area contributed by atoms with E-state index >= 15 is 0 Å². The minimum absolute atomic E-state index is 0.0506. The molecule has 168 valence electrons. The highest BCUT2D eigenvalue weighted by atomic mass is 19.1. The van der Waals surface area contributed by atoms with Gasteiger partial charge in [-0.1, -0.05) is 52.8 Å². The molecule has 0 heterocycles. The third-order valence-electron chi connectivity index (χ3n) is 5.50. The quantitative estimate of drug-likeness (QED) is 0.410. The molecule has 0 spiro atoms. The first-order chi connectivity index (χ1) is 14.5. The summed E-state index contributed by atoms with van der Waals surface area (Å²) in [6.07, 6.45) is 1.94. The molecule has 0 aliphatic heterocycles. The van der Waals surface area contributed by atoms with E-state index in [1.165, 1.54) is 5.56 Å². The number of ketones is 1. The lowest BCUT2D eigenvalue weighted by atomic mass is 9.86. The number of hydrogen-bond donors (Lipinski definition) is 2. The molecule has 2 aromatic rings. The van der Waals surface area contributed by atoms with E-state index in [1.807, 2.05) is 31.2 Å². The van der Waals surface area contributed by atoms with E-state index in [2.05, 4.69) is 32.7 Å². The maximum absolute atomic E-state index is 13.8. The smallest absolute Gasteiger partial charge is 0.165 e. The largest absolute Gasteiger partial charge is 0.384 e. The molecule has 2 rings (SSSR count). The summed E-state index contributed by atoms with van der Waals surface area (Å²) in [5.41, 5.74) is 1.24. The summed E-state index contributed by atoms with van der Waals surface area (Å²) in [6.45, 7) is 12.5. The van der Waals surface area contributed by atoms with Crippen LogP contribution in [0.5, 0.6) is 0 Å². The lowest BCUT2D eigenvalue weighted by Crippen LogP contribution is -2.34. The van der Waals surface area contributed by atoms with Crippen LogP contribution in [0.2, 0.25) is 0 Å². The molecule has 0 bridgehead atoms. The average Bonchev–Trinajstić information content (AvgIpc) is 2.67. The molecule has 0 aromatic heterocycles. The number of anilines is 1. The standard InChI is InChI=1S/C26H33F2NO2/c1-6-15-26(31,16-7-8-24(30)22-14-11-20(27)17-23(22)28)18(2)29-21-12-9-19(10-13-21)25(3,4)5/h9-14,17,29,31H,2,6-8,15-16H2,1,3-5H3. The van der Waals surface area contributed by atoms with E-state index in [4.69, 9.17) is 0 Å². The molecule has 3 nitrogen and oxygen atoms in total. The van der Waals surface area contributed by atoms with Gasteiger partial charge in [0.2, 0.25) is 0 Å². The molecule has 0 aliphatic rings. The highest BCUT2D eigenvalue weighted by Crippen LogP contribution is 2.30. The van der Waals surface area contributed by atoms with Crippen LogP contribution in [0, 0.1) is 11.6 Å². The first-order valence-corrected chi connectivity index (χ1v) is 10.7. The Labute approximate surface area is 184 Å². The third kappa shape index (κ3) is 6.73. The van der Waals surface area contributed by atoms with Gasteiger partial charge in [0.1, 0.15) is 17.2 Å². The Hall–Kier alpha value is -2.53. The Balaban J connectivity index is 2.01. The van der Waals surface area contributed by atoms with Gasteiger partial charge >= 0.3 is 0 Å². The zero-order valence-corrected chi connectivity index (χ0v) is 18.9. The summed E-state index contributed by atoms with van der Waals surface area (Å²) >= 11 is 0. The van der Waals surface area contributed by atoms with Crippen molar-refractivity contribution in [2.45, 2.75) is 70.8 Å². The number of benzene rings is 2. The molecule has 0 amide bonds. The molecule has 0 saturated carbocycles. The maximum atomic E-state index is 13.8. The van der Waals surface area contributed by atoms with Gasteiger partial charge in [-0.25, -0.2) is 8.78 Å². The number of halogens is 2. The van der Waals surface area contributed by atoms with E-state index in [1.54, 1.807) is 0 Å². The Morgan fingerprint density at radius 3 is 2.26 bits per heavy atom. The topological polar surface area (TPSA) is 49.3 Å². The predicted molar refractivity (Wildman–Crippen MR) is 122 cm³/mol. The van der Waals surface area contributed by atoms with Gasteiger partial charge in [0, 0.05) is 23.9 Å². The number of Topliss-reactive ketones (excluding diaryl/α,β-unsaturated/α-hetero) is 1. The number of rotatable bonds is 10. The van der Waals surface area contributed by atoms with Crippen molar-refractivity contribution in [1.82, 2.24) is 0 Å². The van der Waals surface area contributed by atoms with Crippen LogP contribution in [-0.2, 0) is 5.41 Å². The Morgan fingerprint density at radius 1 is 1.06 bits per heavy atom. The molecule has 31 heavy (non-hydrogen) atoms. The zero-order chi connectivity index (χ0) is 23.2. The number of carbonyl (C=O) groups is 1. The number of aliphatic hydroxyl groups is 1. The summed E-state index contributed by atoms with van der Waals surface area (Å²) in [4.78, 5) is 12.3. The molecule has 5 heteroatoms. The van der Waals surface area contributed by atoms with Gasteiger partial charge in [-0.15, -0.1) is 0 Å². The monoisotopic (exact) mass is 429 g/mol. The minimum atomic E-state index is -1.20. The number of carbonyl (C=O) groups excluding carboxylic acids is 1. The van der Waals surface area contributed by atoms with Crippen LogP contribution in [-0.4, -0.2) is 16.5 Å². The van der Waals surface area contributed by atoms with E-state index < -0.39 is 23.0 Å². The lowest BCUT2D eigenvalue weighted by Gasteiger charge is -2.31. The SMILES string of the molecule is C=C(Nc1ccc(C(C)(C)C)cc1)C(O)(CCC)CCCC(=O)c1ccc(F)cc1F. The first-order valence-electron chi connectivity index (χ1n) is 10.7. The summed E-state index contributed by atoms with van der Waals surface area (Å²) < 4.78 is 26.9.